The Bertz CT molecular complexity index is 58.8. The Kier molecular flexibility index (Phi) is 4.73. The lowest BCUT2D eigenvalue weighted by atomic mass is 10.6. The van der Waals surface area contributed by atoms with Crippen molar-refractivity contribution < 1.29 is 0 Å². The summed E-state index contributed by atoms with van der Waals surface area (Å²) in [6.45, 7) is 0. The fourth-order valence-corrected chi connectivity index (χ4v) is 1.91. The van der Waals surface area contributed by atoms with Crippen molar-refractivity contribution in [3.63, 3.8) is 0 Å². The standard InChI is InChI=1S/C4H9Cl3S/c1-8(6,7)4-2-3-5/h2-4H2,1H3. The summed E-state index contributed by atoms with van der Waals surface area (Å²) < 4.78 is 0. The van der Waals surface area contributed by atoms with Crippen LogP contribution < -0.4 is 0 Å². The zero-order chi connectivity index (χ0) is 6.62. The molecule has 0 unspecified atom stereocenters. The summed E-state index contributed by atoms with van der Waals surface area (Å²) in [7, 11) is 10.1. The number of rotatable bonds is 3. The molecule has 8 heavy (non-hydrogen) atoms. The van der Waals surface area contributed by atoms with Crippen molar-refractivity contribution >= 4 is 41.4 Å². The van der Waals surface area contributed by atoms with Crippen LogP contribution in [0, 0.1) is 0 Å². The molecule has 0 amide bonds. The van der Waals surface area contributed by atoms with Gasteiger partial charge < -0.3 is 0 Å². The minimum absolute atomic E-state index is 0.655. The second-order valence-electron chi connectivity index (χ2n) is 1.62. The quantitative estimate of drug-likeness (QED) is 0.606. The van der Waals surface area contributed by atoms with E-state index in [1.807, 2.05) is 6.26 Å². The summed E-state index contributed by atoms with van der Waals surface area (Å²) in [6, 6.07) is 0. The molecule has 0 saturated heterocycles. The van der Waals surface area contributed by atoms with Gasteiger partial charge in [-0.15, -0.1) is 11.6 Å². The van der Waals surface area contributed by atoms with Crippen LogP contribution in [0.4, 0.5) is 0 Å². The van der Waals surface area contributed by atoms with E-state index in [-0.39, 0.29) is 0 Å². The molecule has 0 N–H and O–H groups in total. The van der Waals surface area contributed by atoms with Crippen LogP contribution in [-0.2, 0) is 0 Å². The van der Waals surface area contributed by atoms with E-state index in [2.05, 4.69) is 0 Å². The van der Waals surface area contributed by atoms with E-state index in [1.54, 1.807) is 0 Å². The van der Waals surface area contributed by atoms with E-state index in [9.17, 15) is 0 Å². The lowest BCUT2D eigenvalue weighted by Gasteiger charge is -2.16. The molecular weight excluding hydrogens is 186 g/mol. The summed E-state index contributed by atoms with van der Waals surface area (Å²) in [4.78, 5) is 0. The third kappa shape index (κ3) is 7.22. The summed E-state index contributed by atoms with van der Waals surface area (Å²) >= 11 is 5.40. The number of halogens is 3. The third-order valence-electron chi connectivity index (χ3n) is 0.636. The summed E-state index contributed by atoms with van der Waals surface area (Å²) in [5.74, 6) is 1.50. The molecule has 0 fully saturated rings. The zero-order valence-corrected chi connectivity index (χ0v) is 7.75. The summed E-state index contributed by atoms with van der Waals surface area (Å²) in [5, 5.41) is 0. The van der Waals surface area contributed by atoms with Gasteiger partial charge in [-0.1, -0.05) is 29.8 Å². The molecule has 0 rings (SSSR count). The average Bonchev–Trinajstić information content (AvgIpc) is 1.59. The molecular formula is C4H9Cl3S. The molecule has 0 aliphatic carbocycles. The maximum absolute atomic E-state index is 5.70. The van der Waals surface area contributed by atoms with Crippen LogP contribution in [-0.4, -0.2) is 17.9 Å². The van der Waals surface area contributed by atoms with Gasteiger partial charge in [-0.25, -0.2) is 0 Å². The number of alkyl halides is 1. The second-order valence-corrected chi connectivity index (χ2v) is 8.71. The highest BCUT2D eigenvalue weighted by molar-refractivity contribution is 8.65. The first kappa shape index (κ1) is 9.22. The second kappa shape index (κ2) is 4.10. The largest absolute Gasteiger partial charge is 0.127 e. The molecule has 0 aromatic heterocycles. The molecule has 0 bridgehead atoms. The molecule has 0 heterocycles. The fourth-order valence-electron chi connectivity index (χ4n) is 0.308. The molecule has 0 saturated carbocycles. The predicted octanol–water partition coefficient (Wildman–Crippen LogP) is 3.36. The van der Waals surface area contributed by atoms with Gasteiger partial charge in [0.25, 0.3) is 0 Å². The SMILES string of the molecule is CS(Cl)(Cl)CCCCl. The van der Waals surface area contributed by atoms with E-state index in [0.29, 0.717) is 5.88 Å². The summed E-state index contributed by atoms with van der Waals surface area (Å²) in [5.41, 5.74) is 0. The van der Waals surface area contributed by atoms with E-state index >= 15 is 0 Å². The molecule has 0 radical (unpaired) electrons. The molecule has 0 aromatic rings. The Labute approximate surface area is 65.8 Å². The molecule has 0 aromatic carbocycles. The van der Waals surface area contributed by atoms with Crippen molar-refractivity contribution in [2.75, 3.05) is 17.9 Å². The van der Waals surface area contributed by atoms with Gasteiger partial charge in [-0.2, -0.15) is 0 Å². The minimum atomic E-state index is -1.33. The zero-order valence-electron chi connectivity index (χ0n) is 4.66. The van der Waals surface area contributed by atoms with Crippen molar-refractivity contribution in [2.24, 2.45) is 0 Å². The Hall–Kier alpha value is 1.22. The fraction of sp³-hybridized carbons (Fsp3) is 1.00. The van der Waals surface area contributed by atoms with E-state index in [4.69, 9.17) is 33.0 Å². The van der Waals surface area contributed by atoms with E-state index in [1.165, 1.54) is 0 Å². The van der Waals surface area contributed by atoms with Gasteiger partial charge in [-0.05, 0) is 12.7 Å². The molecule has 52 valence electrons. The Morgan fingerprint density at radius 3 is 2.00 bits per heavy atom. The molecule has 0 spiro atoms. The normalized spacial score (nSPS) is 14.0. The Balaban J connectivity index is 3.11. The highest BCUT2D eigenvalue weighted by Gasteiger charge is 2.07. The van der Waals surface area contributed by atoms with Gasteiger partial charge in [0.15, 0.2) is 0 Å². The molecule has 4 heteroatoms. The van der Waals surface area contributed by atoms with E-state index in [0.717, 1.165) is 12.2 Å². The van der Waals surface area contributed by atoms with Crippen LogP contribution in [0.3, 0.4) is 0 Å². The van der Waals surface area contributed by atoms with Crippen LogP contribution in [0.2, 0.25) is 0 Å². The maximum atomic E-state index is 5.70. The van der Waals surface area contributed by atoms with Crippen molar-refractivity contribution in [3.05, 3.63) is 0 Å². The van der Waals surface area contributed by atoms with Crippen LogP contribution in [0.15, 0.2) is 0 Å². The van der Waals surface area contributed by atoms with Gasteiger partial charge in [0.2, 0.25) is 0 Å². The smallest absolute Gasteiger partial charge is 0.0231 e. The average molecular weight is 196 g/mol. The first-order valence-corrected chi connectivity index (χ1v) is 6.67. The van der Waals surface area contributed by atoms with Crippen LogP contribution in [0.5, 0.6) is 0 Å². The number of hydrogen-bond acceptors (Lipinski definition) is 0. The van der Waals surface area contributed by atoms with Gasteiger partial charge in [0, 0.05) is 11.6 Å². The Morgan fingerprint density at radius 2 is 1.88 bits per heavy atom. The topological polar surface area (TPSA) is 0 Å². The van der Waals surface area contributed by atoms with Crippen molar-refractivity contribution in [2.45, 2.75) is 6.42 Å². The number of hydrogen-bond donors (Lipinski definition) is 0. The van der Waals surface area contributed by atoms with Crippen molar-refractivity contribution in [3.8, 4) is 0 Å². The van der Waals surface area contributed by atoms with Crippen molar-refractivity contribution in [1.29, 1.82) is 0 Å². The van der Waals surface area contributed by atoms with Gasteiger partial charge in [-0.3, -0.25) is 0 Å². The minimum Gasteiger partial charge on any atom is -0.127 e. The highest BCUT2D eigenvalue weighted by atomic mass is 36.0. The molecule has 0 atom stereocenters. The lowest BCUT2D eigenvalue weighted by molar-refractivity contribution is 1.12. The lowest BCUT2D eigenvalue weighted by Crippen LogP contribution is -1.88. The van der Waals surface area contributed by atoms with Crippen molar-refractivity contribution in [1.82, 2.24) is 0 Å². The van der Waals surface area contributed by atoms with Gasteiger partial charge in [0.05, 0.1) is 0 Å². The molecule has 0 aliphatic rings. The van der Waals surface area contributed by atoms with Crippen LogP contribution >= 0.6 is 41.4 Å². The maximum Gasteiger partial charge on any atom is 0.0231 e. The first-order chi connectivity index (χ1) is 3.56. The third-order valence-corrected chi connectivity index (χ3v) is 2.84. The highest BCUT2D eigenvalue weighted by Crippen LogP contribution is 2.54. The Morgan fingerprint density at radius 1 is 1.38 bits per heavy atom. The monoisotopic (exact) mass is 194 g/mol. The molecule has 0 nitrogen and oxygen atoms in total. The van der Waals surface area contributed by atoms with Crippen LogP contribution in [0.25, 0.3) is 0 Å². The molecule has 0 aliphatic heterocycles. The van der Waals surface area contributed by atoms with Gasteiger partial charge in [0.1, 0.15) is 0 Å². The van der Waals surface area contributed by atoms with Gasteiger partial charge >= 0.3 is 0 Å². The summed E-state index contributed by atoms with van der Waals surface area (Å²) in [6.07, 6.45) is 2.77. The van der Waals surface area contributed by atoms with E-state index < -0.39 is 8.46 Å². The predicted molar refractivity (Wildman–Crippen MR) is 45.4 cm³/mol. The van der Waals surface area contributed by atoms with Crippen LogP contribution in [0.1, 0.15) is 6.42 Å². The first-order valence-electron chi connectivity index (χ1n) is 2.27.